The number of nitrogens with zero attached hydrogens (tertiary/aromatic N) is 2. The van der Waals surface area contributed by atoms with Gasteiger partial charge in [0, 0.05) is 33.4 Å². The molecule has 2 heterocycles. The van der Waals surface area contributed by atoms with E-state index >= 15 is 0 Å². The SMILES string of the molecule is CNc1cccnc1S(=O)(=O)N1CCC(COC)C1. The van der Waals surface area contributed by atoms with Gasteiger partial charge in [0.2, 0.25) is 0 Å². The quantitative estimate of drug-likeness (QED) is 0.865. The number of pyridine rings is 1. The molecule has 106 valence electrons. The monoisotopic (exact) mass is 285 g/mol. The van der Waals surface area contributed by atoms with Crippen LogP contribution in [0, 0.1) is 5.92 Å². The van der Waals surface area contributed by atoms with Gasteiger partial charge in [-0.15, -0.1) is 0 Å². The van der Waals surface area contributed by atoms with Crippen LogP contribution in [0.25, 0.3) is 0 Å². The molecule has 0 saturated carbocycles. The lowest BCUT2D eigenvalue weighted by Gasteiger charge is -2.17. The zero-order valence-corrected chi connectivity index (χ0v) is 12.0. The summed E-state index contributed by atoms with van der Waals surface area (Å²) in [4.78, 5) is 4.01. The average Bonchev–Trinajstić information content (AvgIpc) is 2.88. The number of hydrogen-bond acceptors (Lipinski definition) is 5. The van der Waals surface area contributed by atoms with Gasteiger partial charge in [-0.05, 0) is 24.5 Å². The van der Waals surface area contributed by atoms with E-state index < -0.39 is 10.0 Å². The third kappa shape index (κ3) is 2.88. The van der Waals surface area contributed by atoms with Crippen molar-refractivity contribution in [3.8, 4) is 0 Å². The fraction of sp³-hybridized carbons (Fsp3) is 0.583. The Hall–Kier alpha value is -1.18. The predicted octanol–water partition coefficient (Wildman–Crippen LogP) is 0.780. The van der Waals surface area contributed by atoms with Gasteiger partial charge < -0.3 is 10.1 Å². The minimum absolute atomic E-state index is 0.0931. The van der Waals surface area contributed by atoms with Crippen LogP contribution < -0.4 is 5.32 Å². The molecule has 6 nitrogen and oxygen atoms in total. The Bertz CT molecular complexity index is 533. The second-order valence-corrected chi connectivity index (χ2v) is 6.43. The Labute approximate surface area is 113 Å². The molecule has 0 aromatic carbocycles. The summed E-state index contributed by atoms with van der Waals surface area (Å²) in [5.74, 6) is 0.265. The first-order chi connectivity index (χ1) is 9.09. The number of nitrogens with one attached hydrogen (secondary N) is 1. The van der Waals surface area contributed by atoms with E-state index in [0.29, 0.717) is 25.4 Å². The van der Waals surface area contributed by atoms with Crippen molar-refractivity contribution in [2.75, 3.05) is 39.2 Å². The molecule has 1 aromatic rings. The molecular formula is C12H19N3O3S. The lowest BCUT2D eigenvalue weighted by atomic mass is 10.1. The predicted molar refractivity (Wildman–Crippen MR) is 72.5 cm³/mol. The van der Waals surface area contributed by atoms with Crippen LogP contribution in [0.2, 0.25) is 0 Å². The molecule has 1 N–H and O–H groups in total. The first-order valence-electron chi connectivity index (χ1n) is 6.21. The molecular weight excluding hydrogens is 266 g/mol. The van der Waals surface area contributed by atoms with E-state index in [1.165, 1.54) is 10.5 Å². The molecule has 1 fully saturated rings. The van der Waals surface area contributed by atoms with Gasteiger partial charge in [-0.3, -0.25) is 0 Å². The Morgan fingerprint density at radius 1 is 1.58 bits per heavy atom. The molecule has 1 aromatic heterocycles. The smallest absolute Gasteiger partial charge is 0.262 e. The van der Waals surface area contributed by atoms with E-state index in [9.17, 15) is 8.42 Å². The van der Waals surface area contributed by atoms with Gasteiger partial charge in [-0.25, -0.2) is 13.4 Å². The summed E-state index contributed by atoms with van der Waals surface area (Å²) in [7, 11) is -0.206. The second kappa shape index (κ2) is 5.85. The number of ether oxygens (including phenoxy) is 1. The van der Waals surface area contributed by atoms with Gasteiger partial charge in [0.1, 0.15) is 0 Å². The minimum Gasteiger partial charge on any atom is -0.386 e. The molecule has 19 heavy (non-hydrogen) atoms. The number of aromatic nitrogens is 1. The Morgan fingerprint density at radius 3 is 3.05 bits per heavy atom. The molecule has 1 saturated heterocycles. The van der Waals surface area contributed by atoms with Crippen LogP contribution in [0.4, 0.5) is 5.69 Å². The highest BCUT2D eigenvalue weighted by atomic mass is 32.2. The lowest BCUT2D eigenvalue weighted by molar-refractivity contribution is 0.157. The van der Waals surface area contributed by atoms with Gasteiger partial charge in [-0.1, -0.05) is 0 Å². The zero-order chi connectivity index (χ0) is 13.9. The Balaban J connectivity index is 2.24. The molecule has 7 heteroatoms. The number of sulfonamides is 1. The number of hydrogen-bond donors (Lipinski definition) is 1. The summed E-state index contributed by atoms with van der Waals surface area (Å²) >= 11 is 0. The van der Waals surface area contributed by atoms with Gasteiger partial charge >= 0.3 is 0 Å². The summed E-state index contributed by atoms with van der Waals surface area (Å²) in [5, 5.41) is 2.96. The summed E-state index contributed by atoms with van der Waals surface area (Å²) in [6.45, 7) is 1.61. The number of anilines is 1. The average molecular weight is 285 g/mol. The van der Waals surface area contributed by atoms with Crippen LogP contribution in [0.15, 0.2) is 23.4 Å². The highest BCUT2D eigenvalue weighted by Gasteiger charge is 2.34. The van der Waals surface area contributed by atoms with E-state index in [1.54, 1.807) is 26.3 Å². The van der Waals surface area contributed by atoms with Crippen molar-refractivity contribution in [3.05, 3.63) is 18.3 Å². The standard InChI is InChI=1S/C12H19N3O3S/c1-13-11-4-3-6-14-12(11)19(16,17)15-7-5-10(8-15)9-18-2/h3-4,6,10,13H,5,7-9H2,1-2H3. The first-order valence-corrected chi connectivity index (χ1v) is 7.65. The molecule has 1 atom stereocenters. The van der Waals surface area contributed by atoms with Crippen LogP contribution in [-0.2, 0) is 14.8 Å². The van der Waals surface area contributed by atoms with Crippen molar-refractivity contribution >= 4 is 15.7 Å². The Kier molecular flexibility index (Phi) is 4.38. The van der Waals surface area contributed by atoms with Crippen LogP contribution in [0.5, 0.6) is 0 Å². The molecule has 0 aliphatic carbocycles. The van der Waals surface area contributed by atoms with Crippen LogP contribution in [0.1, 0.15) is 6.42 Å². The van der Waals surface area contributed by atoms with Crippen molar-refractivity contribution in [3.63, 3.8) is 0 Å². The van der Waals surface area contributed by atoms with Crippen molar-refractivity contribution < 1.29 is 13.2 Å². The lowest BCUT2D eigenvalue weighted by Crippen LogP contribution is -2.30. The molecule has 1 aliphatic rings. The van der Waals surface area contributed by atoms with Gasteiger partial charge in [0.25, 0.3) is 10.0 Å². The molecule has 0 spiro atoms. The van der Waals surface area contributed by atoms with Crippen LogP contribution in [-0.4, -0.2) is 51.6 Å². The van der Waals surface area contributed by atoms with E-state index in [1.807, 2.05) is 0 Å². The zero-order valence-electron chi connectivity index (χ0n) is 11.2. The fourth-order valence-corrected chi connectivity index (χ4v) is 3.94. The topological polar surface area (TPSA) is 71.5 Å². The van der Waals surface area contributed by atoms with Crippen molar-refractivity contribution in [2.24, 2.45) is 5.92 Å². The minimum atomic E-state index is -3.53. The second-order valence-electron chi connectivity index (χ2n) is 4.58. The van der Waals surface area contributed by atoms with E-state index in [4.69, 9.17) is 4.74 Å². The van der Waals surface area contributed by atoms with Crippen molar-refractivity contribution in [1.29, 1.82) is 0 Å². The van der Waals surface area contributed by atoms with Crippen molar-refractivity contribution in [1.82, 2.24) is 9.29 Å². The maximum absolute atomic E-state index is 12.5. The Morgan fingerprint density at radius 2 is 2.37 bits per heavy atom. The van der Waals surface area contributed by atoms with Gasteiger partial charge in [-0.2, -0.15) is 4.31 Å². The summed E-state index contributed by atoms with van der Waals surface area (Å²) < 4.78 is 31.7. The summed E-state index contributed by atoms with van der Waals surface area (Å²) in [5.41, 5.74) is 0.526. The highest BCUT2D eigenvalue weighted by Crippen LogP contribution is 2.27. The number of methoxy groups -OCH3 is 1. The number of rotatable bonds is 5. The first kappa shape index (κ1) is 14.2. The highest BCUT2D eigenvalue weighted by molar-refractivity contribution is 7.89. The molecule has 0 bridgehead atoms. The molecule has 1 aliphatic heterocycles. The van der Waals surface area contributed by atoms with Gasteiger partial charge in [0.05, 0.1) is 12.3 Å². The molecule has 1 unspecified atom stereocenters. The third-order valence-corrected chi connectivity index (χ3v) is 5.10. The maximum atomic E-state index is 12.5. The molecule has 0 amide bonds. The summed E-state index contributed by atoms with van der Waals surface area (Å²) in [6, 6.07) is 3.42. The van der Waals surface area contributed by atoms with Crippen molar-refractivity contribution in [2.45, 2.75) is 11.4 Å². The largest absolute Gasteiger partial charge is 0.386 e. The normalized spacial score (nSPS) is 20.6. The third-order valence-electron chi connectivity index (χ3n) is 3.28. The summed E-state index contributed by atoms with van der Waals surface area (Å²) in [6.07, 6.45) is 2.32. The van der Waals surface area contributed by atoms with Crippen LogP contribution >= 0.6 is 0 Å². The molecule has 2 rings (SSSR count). The maximum Gasteiger partial charge on any atom is 0.262 e. The van der Waals surface area contributed by atoms with Crippen LogP contribution in [0.3, 0.4) is 0 Å². The van der Waals surface area contributed by atoms with Gasteiger partial charge in [0.15, 0.2) is 5.03 Å². The van der Waals surface area contributed by atoms with E-state index in [0.717, 1.165) is 6.42 Å². The van der Waals surface area contributed by atoms with E-state index in [-0.39, 0.29) is 10.9 Å². The molecule has 0 radical (unpaired) electrons. The fourth-order valence-electron chi connectivity index (χ4n) is 2.30. The van der Waals surface area contributed by atoms with E-state index in [2.05, 4.69) is 10.3 Å².